The summed E-state index contributed by atoms with van der Waals surface area (Å²) in [6.07, 6.45) is 1.77. The fourth-order valence-electron chi connectivity index (χ4n) is 3.83. The molecule has 0 aliphatic heterocycles. The largest absolute Gasteiger partial charge is 0.456 e. The Balaban J connectivity index is 1.26. The number of benzene rings is 4. The fourth-order valence-corrected chi connectivity index (χ4v) is 4.31. The predicted molar refractivity (Wildman–Crippen MR) is 164 cm³/mol. The van der Waals surface area contributed by atoms with Gasteiger partial charge in [-0.05, 0) is 72.8 Å². The van der Waals surface area contributed by atoms with Gasteiger partial charge in [-0.25, -0.2) is 0 Å². The van der Waals surface area contributed by atoms with E-state index < -0.39 is 0 Å². The molecule has 0 atom stereocenters. The molecule has 5 rings (SSSR count). The second-order valence-electron chi connectivity index (χ2n) is 8.49. The molecular weight excluding hydrogens is 553 g/mol. The molecule has 0 unspecified atom stereocenters. The molecule has 0 aliphatic carbocycles. The summed E-state index contributed by atoms with van der Waals surface area (Å²) in [7, 11) is 0. The van der Waals surface area contributed by atoms with Gasteiger partial charge in [0.05, 0.1) is 17.1 Å². The van der Waals surface area contributed by atoms with Crippen LogP contribution in [0, 0.1) is 0 Å². The fraction of sp³-hybridized carbons (Fsp3) is 0.0667. The zero-order valence-corrected chi connectivity index (χ0v) is 22.9. The number of halogens is 3. The Morgan fingerprint density at radius 1 is 0.769 bits per heavy atom. The van der Waals surface area contributed by atoms with Crippen LogP contribution >= 0.6 is 34.8 Å². The Bertz CT molecular complexity index is 1590. The van der Waals surface area contributed by atoms with Crippen LogP contribution in [-0.4, -0.2) is 24.0 Å². The number of anilines is 3. The average molecular weight is 577 g/mol. The van der Waals surface area contributed by atoms with Gasteiger partial charge in [0.1, 0.15) is 11.5 Å². The number of guanidine groups is 1. The molecule has 0 saturated heterocycles. The van der Waals surface area contributed by atoms with Crippen molar-refractivity contribution in [2.24, 2.45) is 4.99 Å². The van der Waals surface area contributed by atoms with Gasteiger partial charge in [0.15, 0.2) is 5.96 Å². The van der Waals surface area contributed by atoms with E-state index in [1.165, 1.54) is 0 Å². The lowest BCUT2D eigenvalue weighted by molar-refractivity contribution is 0.483. The van der Waals surface area contributed by atoms with Crippen molar-refractivity contribution in [2.45, 2.75) is 0 Å². The van der Waals surface area contributed by atoms with Crippen molar-refractivity contribution in [1.82, 2.24) is 4.98 Å². The molecule has 0 bridgehead atoms. The van der Waals surface area contributed by atoms with Crippen LogP contribution in [0.1, 0.15) is 0 Å². The summed E-state index contributed by atoms with van der Waals surface area (Å²) in [6, 6.07) is 30.1. The van der Waals surface area contributed by atoms with Crippen molar-refractivity contribution >= 4 is 68.7 Å². The Labute approximate surface area is 241 Å². The number of para-hydroxylation sites is 1. The van der Waals surface area contributed by atoms with Crippen LogP contribution in [0.5, 0.6) is 11.5 Å². The van der Waals surface area contributed by atoms with Crippen LogP contribution in [-0.2, 0) is 0 Å². The van der Waals surface area contributed by atoms with E-state index in [0.717, 1.165) is 28.0 Å². The van der Waals surface area contributed by atoms with Crippen LogP contribution < -0.4 is 20.7 Å². The molecule has 196 valence electrons. The number of ether oxygens (including phenoxy) is 1. The molecular formula is C30H24Cl3N5O. The number of hydrogen-bond donors (Lipinski definition) is 3. The number of aromatic nitrogens is 1. The van der Waals surface area contributed by atoms with Crippen molar-refractivity contribution in [3.05, 3.63) is 118 Å². The number of fused-ring (bicyclic) bond motifs is 1. The smallest absolute Gasteiger partial charge is 0.200 e. The third kappa shape index (κ3) is 7.33. The van der Waals surface area contributed by atoms with Gasteiger partial charge in [0.2, 0.25) is 0 Å². The molecule has 3 N–H and O–H groups in total. The minimum absolute atomic E-state index is 0.486. The number of pyridine rings is 1. The first-order valence-electron chi connectivity index (χ1n) is 12.2. The molecule has 0 aliphatic rings. The van der Waals surface area contributed by atoms with Crippen molar-refractivity contribution in [3.8, 4) is 11.5 Å². The van der Waals surface area contributed by atoms with Gasteiger partial charge >= 0.3 is 0 Å². The summed E-state index contributed by atoms with van der Waals surface area (Å²) >= 11 is 18.4. The number of rotatable bonds is 8. The van der Waals surface area contributed by atoms with Gasteiger partial charge in [-0.15, -0.1) is 0 Å². The van der Waals surface area contributed by atoms with Crippen LogP contribution in [0.15, 0.2) is 108 Å². The highest BCUT2D eigenvalue weighted by Gasteiger charge is 2.07. The first-order chi connectivity index (χ1) is 19.0. The SMILES string of the molecule is Clc1ccc(Cl)c(Oc2ccc(NC(=NCCNc3ccnc4cc(Cl)ccc34)Nc3ccccc3)cc2)c1. The molecule has 1 heterocycles. The van der Waals surface area contributed by atoms with E-state index in [-0.39, 0.29) is 0 Å². The number of nitrogens with one attached hydrogen (secondary N) is 3. The lowest BCUT2D eigenvalue weighted by Gasteiger charge is -2.14. The summed E-state index contributed by atoms with van der Waals surface area (Å²) in [5.74, 6) is 1.74. The van der Waals surface area contributed by atoms with E-state index in [9.17, 15) is 0 Å². The van der Waals surface area contributed by atoms with E-state index in [4.69, 9.17) is 44.5 Å². The lowest BCUT2D eigenvalue weighted by Crippen LogP contribution is -2.23. The molecule has 0 amide bonds. The van der Waals surface area contributed by atoms with Crippen molar-refractivity contribution in [3.63, 3.8) is 0 Å². The second kappa shape index (κ2) is 12.7. The van der Waals surface area contributed by atoms with Crippen LogP contribution in [0.2, 0.25) is 15.1 Å². The van der Waals surface area contributed by atoms with Crippen molar-refractivity contribution in [2.75, 3.05) is 29.0 Å². The summed E-state index contributed by atoms with van der Waals surface area (Å²) in [5, 5.41) is 12.9. The third-order valence-electron chi connectivity index (χ3n) is 5.68. The number of hydrogen-bond acceptors (Lipinski definition) is 4. The zero-order chi connectivity index (χ0) is 27.0. The summed E-state index contributed by atoms with van der Waals surface area (Å²) < 4.78 is 5.89. The lowest BCUT2D eigenvalue weighted by atomic mass is 10.2. The highest BCUT2D eigenvalue weighted by Crippen LogP contribution is 2.32. The number of nitrogens with zero attached hydrogens (tertiary/aromatic N) is 2. The summed E-state index contributed by atoms with van der Waals surface area (Å²) in [4.78, 5) is 9.16. The van der Waals surface area contributed by atoms with E-state index in [2.05, 4.69) is 20.9 Å². The van der Waals surface area contributed by atoms with Gasteiger partial charge < -0.3 is 20.7 Å². The molecule has 5 aromatic rings. The van der Waals surface area contributed by atoms with Crippen LogP contribution in [0.25, 0.3) is 10.9 Å². The van der Waals surface area contributed by atoms with Crippen molar-refractivity contribution < 1.29 is 4.74 Å². The Morgan fingerprint density at radius 2 is 1.49 bits per heavy atom. The normalized spacial score (nSPS) is 11.3. The van der Waals surface area contributed by atoms with E-state index >= 15 is 0 Å². The monoisotopic (exact) mass is 575 g/mol. The summed E-state index contributed by atoms with van der Waals surface area (Å²) in [5.41, 5.74) is 3.58. The highest BCUT2D eigenvalue weighted by atomic mass is 35.5. The quantitative estimate of drug-likeness (QED) is 0.0977. The standard InChI is InChI=1S/C30H24Cl3N5O/c31-20-6-12-25-27(14-15-34-28(25)18-20)35-16-17-36-30(37-22-4-2-1-3-5-22)38-23-8-10-24(11-9-23)39-29-19-21(32)7-13-26(29)33/h1-15,18-19H,16-17H2,(H,34,35)(H2,36,37,38). The van der Waals surface area contributed by atoms with Crippen molar-refractivity contribution in [1.29, 1.82) is 0 Å². The van der Waals surface area contributed by atoms with E-state index in [1.54, 1.807) is 24.4 Å². The van der Waals surface area contributed by atoms with E-state index in [0.29, 0.717) is 45.6 Å². The van der Waals surface area contributed by atoms with E-state index in [1.807, 2.05) is 78.9 Å². The topological polar surface area (TPSA) is 70.6 Å². The molecule has 0 spiro atoms. The maximum Gasteiger partial charge on any atom is 0.200 e. The minimum Gasteiger partial charge on any atom is -0.456 e. The maximum absolute atomic E-state index is 6.22. The maximum atomic E-state index is 6.22. The zero-order valence-electron chi connectivity index (χ0n) is 20.7. The molecule has 0 fully saturated rings. The highest BCUT2D eigenvalue weighted by molar-refractivity contribution is 6.34. The molecule has 9 heteroatoms. The third-order valence-corrected chi connectivity index (χ3v) is 6.46. The van der Waals surface area contributed by atoms with Gasteiger partial charge in [0.25, 0.3) is 0 Å². The molecule has 6 nitrogen and oxygen atoms in total. The molecule has 39 heavy (non-hydrogen) atoms. The second-order valence-corrected chi connectivity index (χ2v) is 9.77. The molecule has 0 saturated carbocycles. The summed E-state index contributed by atoms with van der Waals surface area (Å²) in [6.45, 7) is 1.14. The van der Waals surface area contributed by atoms with Crippen LogP contribution in [0.4, 0.5) is 17.1 Å². The Morgan fingerprint density at radius 3 is 2.28 bits per heavy atom. The van der Waals surface area contributed by atoms with Crippen LogP contribution in [0.3, 0.4) is 0 Å². The van der Waals surface area contributed by atoms with Gasteiger partial charge in [-0.2, -0.15) is 0 Å². The minimum atomic E-state index is 0.486. The Hall–Kier alpha value is -3.97. The predicted octanol–water partition coefficient (Wildman–Crippen LogP) is 8.98. The molecule has 1 aromatic heterocycles. The first-order valence-corrected chi connectivity index (χ1v) is 13.3. The molecule has 0 radical (unpaired) electrons. The average Bonchev–Trinajstić information content (AvgIpc) is 2.94. The van der Waals surface area contributed by atoms with Gasteiger partial charge in [-0.1, -0.05) is 53.0 Å². The van der Waals surface area contributed by atoms with Gasteiger partial charge in [0, 0.05) is 51.3 Å². The number of aliphatic imine (C=N–C) groups is 1. The van der Waals surface area contributed by atoms with Gasteiger partial charge in [-0.3, -0.25) is 9.98 Å². The first kappa shape index (κ1) is 26.6. The molecule has 4 aromatic carbocycles. The Kier molecular flexibility index (Phi) is 8.68.